The second-order valence-electron chi connectivity index (χ2n) is 4.31. The first kappa shape index (κ1) is 15.7. The summed E-state index contributed by atoms with van der Waals surface area (Å²) in [6.45, 7) is 0.372. The summed E-state index contributed by atoms with van der Waals surface area (Å²) in [4.78, 5) is 24.2. The molecule has 0 bridgehead atoms. The molecule has 8 nitrogen and oxygen atoms in total. The first-order chi connectivity index (χ1) is 9.03. The molecule has 1 fully saturated rings. The molecule has 0 saturated carbocycles. The number of ether oxygens (including phenoxy) is 2. The van der Waals surface area contributed by atoms with Crippen molar-refractivity contribution in [2.45, 2.75) is 24.7 Å². The van der Waals surface area contributed by atoms with Gasteiger partial charge in [-0.25, -0.2) is 9.59 Å². The van der Waals surface area contributed by atoms with Crippen LogP contribution in [0, 0.1) is 0 Å². The van der Waals surface area contributed by atoms with Crippen molar-refractivity contribution in [3.8, 4) is 0 Å². The largest absolute Gasteiger partial charge is 0.480 e. The number of carboxylic acids is 1. The lowest BCUT2D eigenvalue weighted by Crippen LogP contribution is -2.48. The summed E-state index contributed by atoms with van der Waals surface area (Å²) >= 11 is 0. The Balaban J connectivity index is 2.56. The molecular formula is C11H20N2O6. The zero-order valence-corrected chi connectivity index (χ0v) is 11.0. The fourth-order valence-corrected chi connectivity index (χ4v) is 1.99. The van der Waals surface area contributed by atoms with Crippen LogP contribution in [-0.4, -0.2) is 79.3 Å². The molecule has 1 rings (SSSR count). The summed E-state index contributed by atoms with van der Waals surface area (Å²) in [6, 6.07) is -1.59. The number of carboxylic acid groups (broad SMARTS) is 1. The SMILES string of the molecule is COC1CN(C(=O)N[C@H](CCO)C(=O)O)CC1OC. The average Bonchev–Trinajstić information content (AvgIpc) is 2.81. The number of hydrogen-bond acceptors (Lipinski definition) is 5. The minimum Gasteiger partial charge on any atom is -0.480 e. The van der Waals surface area contributed by atoms with E-state index in [4.69, 9.17) is 19.7 Å². The summed E-state index contributed by atoms with van der Waals surface area (Å²) in [6.07, 6.45) is -0.482. The molecule has 3 atom stereocenters. The first-order valence-electron chi connectivity index (χ1n) is 5.98. The summed E-state index contributed by atoms with van der Waals surface area (Å²) in [5.41, 5.74) is 0. The maximum absolute atomic E-state index is 11.9. The van der Waals surface area contributed by atoms with Gasteiger partial charge in [0, 0.05) is 27.2 Å². The Morgan fingerprint density at radius 2 is 1.84 bits per heavy atom. The normalized spacial score (nSPS) is 24.3. The molecule has 0 aromatic rings. The molecule has 2 unspecified atom stereocenters. The van der Waals surface area contributed by atoms with E-state index in [1.165, 1.54) is 19.1 Å². The zero-order valence-electron chi connectivity index (χ0n) is 11.0. The number of aliphatic carboxylic acids is 1. The molecule has 0 radical (unpaired) electrons. The highest BCUT2D eigenvalue weighted by Gasteiger charge is 2.36. The van der Waals surface area contributed by atoms with Gasteiger partial charge in [0.1, 0.15) is 18.2 Å². The zero-order chi connectivity index (χ0) is 14.4. The van der Waals surface area contributed by atoms with Crippen molar-refractivity contribution in [1.29, 1.82) is 0 Å². The number of methoxy groups -OCH3 is 2. The van der Waals surface area contributed by atoms with Gasteiger partial charge in [-0.2, -0.15) is 0 Å². The number of hydrogen-bond donors (Lipinski definition) is 3. The van der Waals surface area contributed by atoms with Crippen LogP contribution in [0.25, 0.3) is 0 Å². The van der Waals surface area contributed by atoms with Gasteiger partial charge >= 0.3 is 12.0 Å². The Kier molecular flexibility index (Phi) is 6.00. The Bertz CT molecular complexity index is 312. The molecule has 1 aliphatic heterocycles. The highest BCUT2D eigenvalue weighted by molar-refractivity contribution is 5.82. The molecule has 1 saturated heterocycles. The third-order valence-electron chi connectivity index (χ3n) is 3.12. The number of aliphatic hydroxyl groups is 1. The lowest BCUT2D eigenvalue weighted by molar-refractivity contribution is -0.139. The Labute approximate surface area is 111 Å². The van der Waals surface area contributed by atoms with E-state index in [1.54, 1.807) is 0 Å². The second-order valence-corrected chi connectivity index (χ2v) is 4.31. The second kappa shape index (κ2) is 7.27. The average molecular weight is 276 g/mol. The number of urea groups is 1. The monoisotopic (exact) mass is 276 g/mol. The fourth-order valence-electron chi connectivity index (χ4n) is 1.99. The molecule has 19 heavy (non-hydrogen) atoms. The number of carbonyl (C=O) groups is 2. The van der Waals surface area contributed by atoms with E-state index in [0.29, 0.717) is 13.1 Å². The van der Waals surface area contributed by atoms with Crippen molar-refractivity contribution in [3.63, 3.8) is 0 Å². The number of nitrogens with zero attached hydrogens (tertiary/aromatic N) is 1. The predicted molar refractivity (Wildman–Crippen MR) is 64.8 cm³/mol. The van der Waals surface area contributed by atoms with E-state index in [9.17, 15) is 9.59 Å². The number of rotatable bonds is 6. The van der Waals surface area contributed by atoms with Gasteiger partial charge in [0.15, 0.2) is 0 Å². The van der Waals surface area contributed by atoms with Gasteiger partial charge in [0.05, 0.1) is 13.1 Å². The van der Waals surface area contributed by atoms with Crippen LogP contribution >= 0.6 is 0 Å². The third-order valence-corrected chi connectivity index (χ3v) is 3.12. The molecular weight excluding hydrogens is 256 g/mol. The number of likely N-dealkylation sites (tertiary alicyclic amines) is 1. The molecule has 110 valence electrons. The van der Waals surface area contributed by atoms with Crippen LogP contribution in [0.3, 0.4) is 0 Å². The van der Waals surface area contributed by atoms with E-state index in [1.807, 2.05) is 0 Å². The van der Waals surface area contributed by atoms with Crippen LogP contribution in [0.4, 0.5) is 4.79 Å². The Hall–Kier alpha value is -1.38. The van der Waals surface area contributed by atoms with Gasteiger partial charge in [0.25, 0.3) is 0 Å². The minimum atomic E-state index is -1.17. The topological polar surface area (TPSA) is 108 Å². The van der Waals surface area contributed by atoms with E-state index in [2.05, 4.69) is 5.32 Å². The lowest BCUT2D eigenvalue weighted by atomic mass is 10.2. The van der Waals surface area contributed by atoms with Gasteiger partial charge in [-0.3, -0.25) is 0 Å². The highest BCUT2D eigenvalue weighted by Crippen LogP contribution is 2.15. The standard InChI is InChI=1S/C11H20N2O6/c1-18-8-5-13(6-9(8)19-2)11(17)12-7(3-4-14)10(15)16/h7-9,14H,3-6H2,1-2H3,(H,12,17)(H,15,16)/t7-,8?,9?/m1/s1. The number of carbonyl (C=O) groups excluding carboxylic acids is 1. The summed E-state index contributed by atoms with van der Waals surface area (Å²) < 4.78 is 10.4. The minimum absolute atomic E-state index is 0.0314. The summed E-state index contributed by atoms with van der Waals surface area (Å²) in [5.74, 6) is -1.17. The molecule has 0 aromatic carbocycles. The van der Waals surface area contributed by atoms with Gasteiger partial charge in [-0.05, 0) is 0 Å². The van der Waals surface area contributed by atoms with E-state index < -0.39 is 18.0 Å². The maximum Gasteiger partial charge on any atom is 0.326 e. The van der Waals surface area contributed by atoms with E-state index in [0.717, 1.165) is 0 Å². The van der Waals surface area contributed by atoms with Crippen LogP contribution < -0.4 is 5.32 Å². The molecule has 3 N–H and O–H groups in total. The van der Waals surface area contributed by atoms with Crippen molar-refractivity contribution in [1.82, 2.24) is 10.2 Å². The van der Waals surface area contributed by atoms with Crippen LogP contribution in [0.1, 0.15) is 6.42 Å². The van der Waals surface area contributed by atoms with Crippen LogP contribution in [0.2, 0.25) is 0 Å². The Morgan fingerprint density at radius 1 is 1.32 bits per heavy atom. The van der Waals surface area contributed by atoms with E-state index in [-0.39, 0.29) is 25.2 Å². The molecule has 0 aliphatic carbocycles. The van der Waals surface area contributed by atoms with Crippen molar-refractivity contribution in [3.05, 3.63) is 0 Å². The number of amides is 2. The molecule has 8 heteroatoms. The van der Waals surface area contributed by atoms with Crippen LogP contribution in [-0.2, 0) is 14.3 Å². The van der Waals surface area contributed by atoms with Crippen molar-refractivity contribution in [2.24, 2.45) is 0 Å². The van der Waals surface area contributed by atoms with Gasteiger partial charge in [-0.15, -0.1) is 0 Å². The van der Waals surface area contributed by atoms with Crippen molar-refractivity contribution in [2.75, 3.05) is 33.9 Å². The molecule has 0 aromatic heterocycles. The van der Waals surface area contributed by atoms with Crippen molar-refractivity contribution >= 4 is 12.0 Å². The summed E-state index contributed by atoms with van der Waals surface area (Å²) in [7, 11) is 3.06. The quantitative estimate of drug-likeness (QED) is 0.567. The van der Waals surface area contributed by atoms with E-state index >= 15 is 0 Å². The maximum atomic E-state index is 11.9. The molecule has 2 amide bonds. The van der Waals surface area contributed by atoms with Crippen LogP contribution in [0.5, 0.6) is 0 Å². The Morgan fingerprint density at radius 3 is 2.21 bits per heavy atom. The highest BCUT2D eigenvalue weighted by atomic mass is 16.5. The molecule has 1 aliphatic rings. The van der Waals surface area contributed by atoms with Gasteiger partial charge in [-0.1, -0.05) is 0 Å². The predicted octanol–water partition coefficient (Wildman–Crippen LogP) is -1.12. The molecule has 1 heterocycles. The van der Waals surface area contributed by atoms with Gasteiger partial charge < -0.3 is 29.9 Å². The molecule has 0 spiro atoms. The third kappa shape index (κ3) is 4.05. The van der Waals surface area contributed by atoms with Gasteiger partial charge in [0.2, 0.25) is 0 Å². The number of aliphatic hydroxyl groups excluding tert-OH is 1. The summed E-state index contributed by atoms with van der Waals surface area (Å²) in [5, 5.41) is 20.0. The van der Waals surface area contributed by atoms with Crippen molar-refractivity contribution < 1.29 is 29.3 Å². The number of nitrogens with one attached hydrogen (secondary N) is 1. The van der Waals surface area contributed by atoms with Crippen LogP contribution in [0.15, 0.2) is 0 Å². The first-order valence-corrected chi connectivity index (χ1v) is 5.98. The lowest BCUT2D eigenvalue weighted by Gasteiger charge is -2.20. The smallest absolute Gasteiger partial charge is 0.326 e. The fraction of sp³-hybridized carbons (Fsp3) is 0.818.